The SMILES string of the molecule is Cc1ncn(CC=O)n1. The molecule has 0 atom stereocenters. The summed E-state index contributed by atoms with van der Waals surface area (Å²) in [5, 5.41) is 3.87. The normalized spacial score (nSPS) is 9.44. The van der Waals surface area contributed by atoms with Crippen LogP contribution in [0.25, 0.3) is 0 Å². The fraction of sp³-hybridized carbons (Fsp3) is 0.400. The monoisotopic (exact) mass is 125 g/mol. The topological polar surface area (TPSA) is 47.8 Å². The highest BCUT2D eigenvalue weighted by Gasteiger charge is 1.90. The van der Waals surface area contributed by atoms with E-state index in [0.717, 1.165) is 6.29 Å². The fourth-order valence-corrected chi connectivity index (χ4v) is 0.552. The molecule has 0 radical (unpaired) electrons. The van der Waals surface area contributed by atoms with Crippen molar-refractivity contribution in [3.05, 3.63) is 12.2 Å². The molecule has 0 aliphatic heterocycles. The van der Waals surface area contributed by atoms with Gasteiger partial charge in [0.2, 0.25) is 0 Å². The summed E-state index contributed by atoms with van der Waals surface area (Å²) in [6, 6.07) is 0. The molecule has 48 valence electrons. The average molecular weight is 125 g/mol. The Labute approximate surface area is 52.5 Å². The molecule has 9 heavy (non-hydrogen) atoms. The molecule has 0 saturated heterocycles. The van der Waals surface area contributed by atoms with Crippen LogP contribution in [0.15, 0.2) is 6.33 Å². The van der Waals surface area contributed by atoms with E-state index in [2.05, 4.69) is 10.1 Å². The quantitative estimate of drug-likeness (QED) is 0.513. The number of aldehydes is 1. The van der Waals surface area contributed by atoms with Crippen LogP contribution in [0.2, 0.25) is 0 Å². The van der Waals surface area contributed by atoms with Gasteiger partial charge in [-0.25, -0.2) is 9.67 Å². The van der Waals surface area contributed by atoms with Gasteiger partial charge in [-0.1, -0.05) is 0 Å². The molecule has 1 aromatic rings. The van der Waals surface area contributed by atoms with Gasteiger partial charge in [-0.05, 0) is 6.92 Å². The lowest BCUT2D eigenvalue weighted by atomic mass is 10.7. The summed E-state index contributed by atoms with van der Waals surface area (Å²) in [5.74, 6) is 0.692. The Balaban J connectivity index is 2.72. The first-order valence-corrected chi connectivity index (χ1v) is 2.62. The first kappa shape index (κ1) is 5.94. The van der Waals surface area contributed by atoms with Crippen molar-refractivity contribution in [1.82, 2.24) is 14.8 Å². The number of nitrogens with zero attached hydrogens (tertiary/aromatic N) is 3. The van der Waals surface area contributed by atoms with Gasteiger partial charge in [0.15, 0.2) is 0 Å². The zero-order chi connectivity index (χ0) is 6.69. The highest BCUT2D eigenvalue weighted by atomic mass is 16.1. The van der Waals surface area contributed by atoms with Crippen molar-refractivity contribution in [2.45, 2.75) is 13.5 Å². The van der Waals surface area contributed by atoms with Crippen molar-refractivity contribution in [2.75, 3.05) is 0 Å². The first-order chi connectivity index (χ1) is 4.33. The predicted molar refractivity (Wildman–Crippen MR) is 30.8 cm³/mol. The Morgan fingerprint density at radius 2 is 2.67 bits per heavy atom. The van der Waals surface area contributed by atoms with Crippen molar-refractivity contribution in [3.8, 4) is 0 Å². The summed E-state index contributed by atoms with van der Waals surface area (Å²) in [5.41, 5.74) is 0. The van der Waals surface area contributed by atoms with Gasteiger partial charge >= 0.3 is 0 Å². The van der Waals surface area contributed by atoms with E-state index in [9.17, 15) is 4.79 Å². The fourth-order valence-electron chi connectivity index (χ4n) is 0.552. The van der Waals surface area contributed by atoms with Crippen LogP contribution in [-0.2, 0) is 11.3 Å². The molecule has 0 aliphatic rings. The maximum Gasteiger partial charge on any atom is 0.147 e. The van der Waals surface area contributed by atoms with Gasteiger partial charge in [-0.15, -0.1) is 0 Å². The Bertz CT molecular complexity index is 206. The summed E-state index contributed by atoms with van der Waals surface area (Å²) >= 11 is 0. The van der Waals surface area contributed by atoms with E-state index in [1.807, 2.05) is 0 Å². The summed E-state index contributed by atoms with van der Waals surface area (Å²) < 4.78 is 1.49. The van der Waals surface area contributed by atoms with E-state index in [1.54, 1.807) is 6.92 Å². The van der Waals surface area contributed by atoms with Gasteiger partial charge in [0.1, 0.15) is 18.4 Å². The van der Waals surface area contributed by atoms with Crippen molar-refractivity contribution >= 4 is 6.29 Å². The molecule has 0 spiro atoms. The molecular formula is C5H7N3O. The molecule has 0 bridgehead atoms. The molecule has 0 saturated carbocycles. The van der Waals surface area contributed by atoms with Crippen LogP contribution in [0, 0.1) is 6.92 Å². The molecule has 0 amide bonds. The highest BCUT2D eigenvalue weighted by molar-refractivity contribution is 5.48. The van der Waals surface area contributed by atoms with E-state index in [-0.39, 0.29) is 0 Å². The van der Waals surface area contributed by atoms with Crippen molar-refractivity contribution in [1.29, 1.82) is 0 Å². The van der Waals surface area contributed by atoms with Gasteiger partial charge < -0.3 is 4.79 Å². The third kappa shape index (κ3) is 1.35. The second kappa shape index (κ2) is 2.39. The molecule has 1 aromatic heterocycles. The Hall–Kier alpha value is -1.19. The highest BCUT2D eigenvalue weighted by Crippen LogP contribution is 1.83. The lowest BCUT2D eigenvalue weighted by Gasteiger charge is -1.86. The van der Waals surface area contributed by atoms with E-state index in [4.69, 9.17) is 0 Å². The number of rotatable bonds is 2. The van der Waals surface area contributed by atoms with Crippen LogP contribution in [0.1, 0.15) is 5.82 Å². The summed E-state index contributed by atoms with van der Waals surface area (Å²) in [6.45, 7) is 2.07. The van der Waals surface area contributed by atoms with E-state index < -0.39 is 0 Å². The summed E-state index contributed by atoms with van der Waals surface area (Å²) in [6.07, 6.45) is 2.32. The van der Waals surface area contributed by atoms with Crippen LogP contribution in [0.5, 0.6) is 0 Å². The number of hydrogen-bond donors (Lipinski definition) is 0. The summed E-state index contributed by atoms with van der Waals surface area (Å²) in [7, 11) is 0. The minimum absolute atomic E-state index is 0.292. The lowest BCUT2D eigenvalue weighted by molar-refractivity contribution is -0.108. The number of hydrogen-bond acceptors (Lipinski definition) is 3. The van der Waals surface area contributed by atoms with Crippen molar-refractivity contribution in [2.24, 2.45) is 0 Å². The zero-order valence-corrected chi connectivity index (χ0v) is 5.11. The third-order valence-corrected chi connectivity index (χ3v) is 0.913. The minimum Gasteiger partial charge on any atom is -0.301 e. The smallest absolute Gasteiger partial charge is 0.147 e. The maximum absolute atomic E-state index is 9.89. The van der Waals surface area contributed by atoms with Gasteiger partial charge in [-0.2, -0.15) is 5.10 Å². The van der Waals surface area contributed by atoms with E-state index >= 15 is 0 Å². The van der Waals surface area contributed by atoms with Crippen LogP contribution >= 0.6 is 0 Å². The number of aromatic nitrogens is 3. The van der Waals surface area contributed by atoms with Crippen LogP contribution in [0.3, 0.4) is 0 Å². The molecule has 0 fully saturated rings. The molecular weight excluding hydrogens is 118 g/mol. The second-order valence-corrected chi connectivity index (χ2v) is 1.68. The van der Waals surface area contributed by atoms with Crippen LogP contribution in [0.4, 0.5) is 0 Å². The predicted octanol–water partition coefficient (Wildman–Crippen LogP) is -0.215. The zero-order valence-electron chi connectivity index (χ0n) is 5.11. The average Bonchev–Trinajstić information content (AvgIpc) is 2.17. The Kier molecular flexibility index (Phi) is 1.58. The Morgan fingerprint density at radius 1 is 1.89 bits per heavy atom. The van der Waals surface area contributed by atoms with Gasteiger partial charge in [0.05, 0.1) is 6.54 Å². The van der Waals surface area contributed by atoms with Gasteiger partial charge in [0.25, 0.3) is 0 Å². The summed E-state index contributed by atoms with van der Waals surface area (Å²) in [4.78, 5) is 13.7. The molecule has 0 aliphatic carbocycles. The van der Waals surface area contributed by atoms with Gasteiger partial charge in [0, 0.05) is 0 Å². The standard InChI is InChI=1S/C5H7N3O/c1-5-6-4-8(7-5)2-3-9/h3-4H,2H2,1H3. The molecule has 0 aromatic carbocycles. The van der Waals surface area contributed by atoms with Crippen LogP contribution in [-0.4, -0.2) is 21.1 Å². The number of carbonyl (C=O) groups is 1. The van der Waals surface area contributed by atoms with Crippen LogP contribution < -0.4 is 0 Å². The molecule has 4 nitrogen and oxygen atoms in total. The Morgan fingerprint density at radius 3 is 3.11 bits per heavy atom. The molecule has 4 heteroatoms. The van der Waals surface area contributed by atoms with Gasteiger partial charge in [-0.3, -0.25) is 0 Å². The molecule has 0 N–H and O–H groups in total. The second-order valence-electron chi connectivity index (χ2n) is 1.68. The molecule has 0 unspecified atom stereocenters. The van der Waals surface area contributed by atoms with E-state index in [0.29, 0.717) is 12.4 Å². The van der Waals surface area contributed by atoms with Crippen molar-refractivity contribution < 1.29 is 4.79 Å². The minimum atomic E-state index is 0.292. The largest absolute Gasteiger partial charge is 0.301 e. The lowest BCUT2D eigenvalue weighted by Crippen LogP contribution is -1.98. The number of carbonyl (C=O) groups excluding carboxylic acids is 1. The van der Waals surface area contributed by atoms with E-state index in [1.165, 1.54) is 11.0 Å². The first-order valence-electron chi connectivity index (χ1n) is 2.62. The third-order valence-electron chi connectivity index (χ3n) is 0.913. The van der Waals surface area contributed by atoms with Crippen molar-refractivity contribution in [3.63, 3.8) is 0 Å². The molecule has 1 heterocycles. The maximum atomic E-state index is 9.89. The molecule has 1 rings (SSSR count). The number of aryl methyl sites for hydroxylation is 1.